The summed E-state index contributed by atoms with van der Waals surface area (Å²) in [5.41, 5.74) is 1.78. The molecule has 2 aliphatic rings. The van der Waals surface area contributed by atoms with Gasteiger partial charge in [-0.1, -0.05) is 30.4 Å². The molecule has 3 nitrogen and oxygen atoms in total. The Kier molecular flexibility index (Phi) is 4.65. The quantitative estimate of drug-likeness (QED) is 0.542. The Labute approximate surface area is 161 Å². The van der Waals surface area contributed by atoms with Gasteiger partial charge in [-0.15, -0.1) is 0 Å². The van der Waals surface area contributed by atoms with E-state index < -0.39 is 23.8 Å². The SMILES string of the molecule is CCOC(=O)c1ccc2c(c1)[C@H]1C=CC[C@H]1[C@@H](c1ccccc1C(F)(F)F)N2. The van der Waals surface area contributed by atoms with Gasteiger partial charge in [-0.25, -0.2) is 4.79 Å². The Morgan fingerprint density at radius 3 is 2.71 bits per heavy atom. The van der Waals surface area contributed by atoms with E-state index in [2.05, 4.69) is 5.32 Å². The second kappa shape index (κ2) is 7.00. The number of fused-ring (bicyclic) bond motifs is 3. The summed E-state index contributed by atoms with van der Waals surface area (Å²) in [4.78, 5) is 12.1. The molecule has 6 heteroatoms. The van der Waals surface area contributed by atoms with E-state index >= 15 is 0 Å². The molecule has 28 heavy (non-hydrogen) atoms. The molecule has 3 atom stereocenters. The molecule has 1 N–H and O–H groups in total. The van der Waals surface area contributed by atoms with Gasteiger partial charge in [0.1, 0.15) is 0 Å². The lowest BCUT2D eigenvalue weighted by atomic mass is 9.75. The van der Waals surface area contributed by atoms with E-state index in [0.29, 0.717) is 12.0 Å². The number of carbonyl (C=O) groups is 1. The highest BCUT2D eigenvalue weighted by atomic mass is 19.4. The highest BCUT2D eigenvalue weighted by Crippen LogP contribution is 2.51. The molecule has 4 rings (SSSR count). The van der Waals surface area contributed by atoms with Gasteiger partial charge in [-0.05, 0) is 54.7 Å². The number of allylic oxidation sites excluding steroid dienone is 2. The van der Waals surface area contributed by atoms with Crippen molar-refractivity contribution in [2.45, 2.75) is 31.5 Å². The summed E-state index contributed by atoms with van der Waals surface area (Å²) < 4.78 is 45.8. The molecule has 0 saturated carbocycles. The first-order chi connectivity index (χ1) is 13.4. The van der Waals surface area contributed by atoms with Crippen LogP contribution in [0.1, 0.15) is 52.4 Å². The van der Waals surface area contributed by atoms with Gasteiger partial charge in [0.15, 0.2) is 0 Å². The molecule has 2 aromatic carbocycles. The average molecular weight is 387 g/mol. The fourth-order valence-electron chi connectivity index (χ4n) is 4.27. The molecule has 1 aliphatic heterocycles. The predicted molar refractivity (Wildman–Crippen MR) is 100 cm³/mol. The van der Waals surface area contributed by atoms with Crippen LogP contribution < -0.4 is 5.32 Å². The van der Waals surface area contributed by atoms with E-state index in [1.54, 1.807) is 37.3 Å². The summed E-state index contributed by atoms with van der Waals surface area (Å²) >= 11 is 0. The number of hydrogen-bond acceptors (Lipinski definition) is 3. The Morgan fingerprint density at radius 1 is 1.18 bits per heavy atom. The summed E-state index contributed by atoms with van der Waals surface area (Å²) in [6, 6.07) is 10.5. The first-order valence-corrected chi connectivity index (χ1v) is 9.30. The standard InChI is InChI=1S/C22H20F3NO2/c1-2-28-21(27)13-10-11-19-17(12-13)14-7-5-8-15(14)20(26-19)16-6-3-4-9-18(16)22(23,24)25/h3-7,9-12,14-15,20,26H,2,8H2,1H3/t14-,15+,20-/m0/s1. The number of carbonyl (C=O) groups excluding carboxylic acids is 1. The van der Waals surface area contributed by atoms with E-state index in [1.165, 1.54) is 6.07 Å². The van der Waals surface area contributed by atoms with Gasteiger partial charge in [0.05, 0.1) is 23.8 Å². The second-order valence-electron chi connectivity index (χ2n) is 7.08. The van der Waals surface area contributed by atoms with Crippen LogP contribution in [0.4, 0.5) is 18.9 Å². The number of alkyl halides is 3. The van der Waals surface area contributed by atoms with Crippen molar-refractivity contribution < 1.29 is 22.7 Å². The summed E-state index contributed by atoms with van der Waals surface area (Å²) in [6.45, 7) is 2.03. The zero-order valence-corrected chi connectivity index (χ0v) is 15.3. The summed E-state index contributed by atoms with van der Waals surface area (Å²) in [6.07, 6.45) is 0.306. The number of benzene rings is 2. The van der Waals surface area contributed by atoms with Crippen LogP contribution in [-0.4, -0.2) is 12.6 Å². The minimum absolute atomic E-state index is 0.0445. The average Bonchev–Trinajstić information content (AvgIpc) is 3.16. The van der Waals surface area contributed by atoms with Gasteiger partial charge in [-0.2, -0.15) is 13.2 Å². The van der Waals surface area contributed by atoms with E-state index in [0.717, 1.165) is 17.3 Å². The molecule has 0 spiro atoms. The molecule has 0 amide bonds. The molecule has 0 bridgehead atoms. The molecule has 0 aromatic heterocycles. The van der Waals surface area contributed by atoms with Crippen LogP contribution in [-0.2, 0) is 10.9 Å². The lowest BCUT2D eigenvalue weighted by Crippen LogP contribution is -2.31. The van der Waals surface area contributed by atoms with Gasteiger partial charge in [0, 0.05) is 11.6 Å². The Hall–Kier alpha value is -2.76. The van der Waals surface area contributed by atoms with Crippen molar-refractivity contribution in [1.29, 1.82) is 0 Å². The van der Waals surface area contributed by atoms with Gasteiger partial charge >= 0.3 is 12.1 Å². The smallest absolute Gasteiger partial charge is 0.416 e. The largest absolute Gasteiger partial charge is 0.462 e. The normalized spacial score (nSPS) is 22.9. The molecule has 0 radical (unpaired) electrons. The van der Waals surface area contributed by atoms with Gasteiger partial charge in [-0.3, -0.25) is 0 Å². The third-order valence-corrected chi connectivity index (χ3v) is 5.48. The van der Waals surface area contributed by atoms with Crippen molar-refractivity contribution in [3.8, 4) is 0 Å². The lowest BCUT2D eigenvalue weighted by Gasteiger charge is -2.38. The molecule has 0 unspecified atom stereocenters. The summed E-state index contributed by atoms with van der Waals surface area (Å²) in [5.74, 6) is -0.487. The highest BCUT2D eigenvalue weighted by Gasteiger charge is 2.42. The number of halogens is 3. The number of hydrogen-bond donors (Lipinski definition) is 1. The fourth-order valence-corrected chi connectivity index (χ4v) is 4.27. The molecule has 146 valence electrons. The molecular weight excluding hydrogens is 367 g/mol. The maximum absolute atomic E-state index is 13.6. The highest BCUT2D eigenvalue weighted by molar-refractivity contribution is 5.90. The van der Waals surface area contributed by atoms with Gasteiger partial charge < -0.3 is 10.1 Å². The molecule has 1 heterocycles. The third-order valence-electron chi connectivity index (χ3n) is 5.48. The van der Waals surface area contributed by atoms with E-state index in [9.17, 15) is 18.0 Å². The van der Waals surface area contributed by atoms with Crippen LogP contribution in [0.2, 0.25) is 0 Å². The minimum Gasteiger partial charge on any atom is -0.462 e. The summed E-state index contributed by atoms with van der Waals surface area (Å²) in [7, 11) is 0. The maximum Gasteiger partial charge on any atom is 0.416 e. The first kappa shape index (κ1) is 18.6. The summed E-state index contributed by atoms with van der Waals surface area (Å²) in [5, 5.41) is 3.30. The number of esters is 1. The number of rotatable bonds is 3. The van der Waals surface area contributed by atoms with Crippen LogP contribution in [0, 0.1) is 5.92 Å². The van der Waals surface area contributed by atoms with Crippen LogP contribution in [0.3, 0.4) is 0 Å². The van der Waals surface area contributed by atoms with Crippen LogP contribution >= 0.6 is 0 Å². The fraction of sp³-hybridized carbons (Fsp3) is 0.318. The molecule has 0 saturated heterocycles. The third kappa shape index (κ3) is 3.17. The maximum atomic E-state index is 13.6. The minimum atomic E-state index is -4.41. The number of anilines is 1. The van der Waals surface area contributed by atoms with Crippen molar-refractivity contribution >= 4 is 11.7 Å². The first-order valence-electron chi connectivity index (χ1n) is 9.30. The van der Waals surface area contributed by atoms with Crippen LogP contribution in [0.25, 0.3) is 0 Å². The van der Waals surface area contributed by atoms with Gasteiger partial charge in [0.2, 0.25) is 0 Å². The topological polar surface area (TPSA) is 38.3 Å². The number of nitrogens with one attached hydrogen (secondary N) is 1. The lowest BCUT2D eigenvalue weighted by molar-refractivity contribution is -0.138. The monoisotopic (exact) mass is 387 g/mol. The molecule has 1 aliphatic carbocycles. The zero-order chi connectivity index (χ0) is 19.9. The Bertz CT molecular complexity index is 936. The van der Waals surface area contributed by atoms with Crippen LogP contribution in [0.15, 0.2) is 54.6 Å². The van der Waals surface area contributed by atoms with Crippen molar-refractivity contribution in [2.24, 2.45) is 5.92 Å². The second-order valence-corrected chi connectivity index (χ2v) is 7.08. The zero-order valence-electron chi connectivity index (χ0n) is 15.3. The predicted octanol–water partition coefficient (Wildman–Crippen LogP) is 5.71. The molecule has 0 fully saturated rings. The van der Waals surface area contributed by atoms with E-state index in [1.807, 2.05) is 12.2 Å². The number of ether oxygens (including phenoxy) is 1. The Morgan fingerprint density at radius 2 is 1.96 bits per heavy atom. The van der Waals surface area contributed by atoms with Crippen molar-refractivity contribution in [3.05, 3.63) is 76.9 Å². The van der Waals surface area contributed by atoms with Crippen LogP contribution in [0.5, 0.6) is 0 Å². The van der Waals surface area contributed by atoms with Gasteiger partial charge in [0.25, 0.3) is 0 Å². The van der Waals surface area contributed by atoms with Crippen molar-refractivity contribution in [2.75, 3.05) is 11.9 Å². The molecular formula is C22H20F3NO2. The van der Waals surface area contributed by atoms with E-state index in [-0.39, 0.29) is 24.0 Å². The van der Waals surface area contributed by atoms with Crippen molar-refractivity contribution in [1.82, 2.24) is 0 Å². The van der Waals surface area contributed by atoms with E-state index in [4.69, 9.17) is 4.74 Å². The molecule has 2 aromatic rings. The van der Waals surface area contributed by atoms with Crippen molar-refractivity contribution in [3.63, 3.8) is 0 Å². The Balaban J connectivity index is 1.76.